The second-order valence-corrected chi connectivity index (χ2v) is 13.2. The van der Waals surface area contributed by atoms with Crippen molar-refractivity contribution >= 4 is 29.2 Å². The molecule has 0 amide bonds. The molecular weight excluding hydrogens is 498 g/mol. The van der Waals surface area contributed by atoms with Crippen LogP contribution >= 0.6 is 11.3 Å². The van der Waals surface area contributed by atoms with Crippen molar-refractivity contribution in [1.82, 2.24) is 14.5 Å². The minimum atomic E-state index is -0.556. The van der Waals surface area contributed by atoms with Crippen molar-refractivity contribution < 1.29 is 19.1 Å². The molecule has 38 heavy (non-hydrogen) atoms. The fraction of sp³-hybridized carbons (Fsp3) is 0.667. The molecule has 0 spiro atoms. The molecule has 2 aliphatic heterocycles. The number of rotatable bonds is 4. The van der Waals surface area contributed by atoms with E-state index in [4.69, 9.17) is 14.5 Å². The van der Waals surface area contributed by atoms with E-state index in [1.165, 1.54) is 0 Å². The summed E-state index contributed by atoms with van der Waals surface area (Å²) in [5.41, 5.74) is 1.08. The Morgan fingerprint density at radius 2 is 2.00 bits per heavy atom. The lowest BCUT2D eigenvalue weighted by molar-refractivity contribution is -0.148. The van der Waals surface area contributed by atoms with Crippen LogP contribution in [-0.4, -0.2) is 44.1 Å². The quantitative estimate of drug-likeness (QED) is 0.326. The Morgan fingerprint density at radius 3 is 2.74 bits per heavy atom. The van der Waals surface area contributed by atoms with Crippen LogP contribution < -0.4 is 0 Å². The van der Waals surface area contributed by atoms with Gasteiger partial charge >= 0.3 is 5.97 Å². The van der Waals surface area contributed by atoms with Gasteiger partial charge in [0, 0.05) is 41.9 Å². The summed E-state index contributed by atoms with van der Waals surface area (Å²) in [4.78, 5) is 35.1. The Kier molecular flexibility index (Phi) is 8.92. The normalized spacial score (nSPS) is 31.5. The molecule has 5 unspecified atom stereocenters. The van der Waals surface area contributed by atoms with Crippen molar-refractivity contribution in [2.24, 2.45) is 17.3 Å². The van der Waals surface area contributed by atoms with Gasteiger partial charge in [0.1, 0.15) is 16.9 Å². The molecule has 0 aliphatic carbocycles. The standard InChI is InChI=1S/C30H43N3O4S/c1-20-8-7-10-30(6)25(37-30)16-24(36-27(34)9-11-29(4,5)28(35)22(3)14-20)21(2)15-23-18-38-26(32-23)17-33-13-12-31-19-33/h12-13,15,18-20,22,24-25H,7-11,14,16-17H2,1-6H3. The zero-order valence-corrected chi connectivity index (χ0v) is 24.6. The third kappa shape index (κ3) is 7.41. The van der Waals surface area contributed by atoms with Gasteiger partial charge in [-0.05, 0) is 50.7 Å². The number of thiazole rings is 1. The predicted octanol–water partition coefficient (Wildman–Crippen LogP) is 6.47. The van der Waals surface area contributed by atoms with Crippen LogP contribution in [0.5, 0.6) is 0 Å². The molecule has 0 bridgehead atoms. The van der Waals surface area contributed by atoms with Crippen LogP contribution in [0.3, 0.4) is 0 Å². The van der Waals surface area contributed by atoms with Gasteiger partial charge in [-0.3, -0.25) is 9.59 Å². The molecule has 7 nitrogen and oxygen atoms in total. The maximum Gasteiger partial charge on any atom is 0.306 e. The smallest absolute Gasteiger partial charge is 0.306 e. The number of hydrogen-bond donors (Lipinski definition) is 0. The maximum atomic E-state index is 13.2. The molecule has 0 N–H and O–H groups in total. The Balaban J connectivity index is 1.49. The van der Waals surface area contributed by atoms with E-state index in [0.29, 0.717) is 25.3 Å². The number of ketones is 1. The Hall–Kier alpha value is -2.32. The lowest BCUT2D eigenvalue weighted by Crippen LogP contribution is -2.32. The molecule has 2 fully saturated rings. The highest BCUT2D eigenvalue weighted by Gasteiger charge is 2.52. The predicted molar refractivity (Wildman–Crippen MR) is 150 cm³/mol. The zero-order valence-electron chi connectivity index (χ0n) is 23.7. The summed E-state index contributed by atoms with van der Waals surface area (Å²) in [6, 6.07) is 0. The second-order valence-electron chi connectivity index (χ2n) is 12.3. The summed E-state index contributed by atoms with van der Waals surface area (Å²) in [6.45, 7) is 13.0. The molecule has 2 saturated heterocycles. The van der Waals surface area contributed by atoms with Crippen molar-refractivity contribution in [1.29, 1.82) is 0 Å². The summed E-state index contributed by atoms with van der Waals surface area (Å²) < 4.78 is 14.2. The number of imidazole rings is 1. The van der Waals surface area contributed by atoms with E-state index in [2.05, 4.69) is 18.8 Å². The van der Waals surface area contributed by atoms with E-state index in [9.17, 15) is 9.59 Å². The third-order valence-corrected chi connectivity index (χ3v) is 9.11. The number of epoxide rings is 1. The van der Waals surface area contributed by atoms with Gasteiger partial charge in [-0.1, -0.05) is 40.5 Å². The van der Waals surface area contributed by atoms with Crippen molar-refractivity contribution in [2.45, 2.75) is 111 Å². The van der Waals surface area contributed by atoms with E-state index in [1.807, 2.05) is 49.9 Å². The first-order valence-corrected chi connectivity index (χ1v) is 14.8. The topological polar surface area (TPSA) is 86.6 Å². The lowest BCUT2D eigenvalue weighted by atomic mass is 9.75. The summed E-state index contributed by atoms with van der Waals surface area (Å²) >= 11 is 1.60. The number of aromatic nitrogens is 3. The van der Waals surface area contributed by atoms with Gasteiger partial charge in [-0.2, -0.15) is 0 Å². The van der Waals surface area contributed by atoms with Gasteiger partial charge in [0.2, 0.25) is 0 Å². The van der Waals surface area contributed by atoms with Gasteiger partial charge in [-0.15, -0.1) is 11.3 Å². The van der Waals surface area contributed by atoms with Crippen LogP contribution in [0.2, 0.25) is 0 Å². The SMILES string of the molecule is CC(=Cc1csc(Cn2ccnc2)n1)C1CC2OC2(C)CCCC(C)CC(C)C(=O)C(C)(C)CCC(=O)O1. The number of carbonyl (C=O) groups excluding carboxylic acids is 2. The van der Waals surface area contributed by atoms with Gasteiger partial charge in [0.25, 0.3) is 0 Å². The fourth-order valence-electron chi connectivity index (χ4n) is 5.71. The van der Waals surface area contributed by atoms with Crippen LogP contribution in [0.25, 0.3) is 6.08 Å². The van der Waals surface area contributed by atoms with Crippen LogP contribution in [-0.2, 0) is 25.6 Å². The van der Waals surface area contributed by atoms with Gasteiger partial charge in [-0.25, -0.2) is 9.97 Å². The monoisotopic (exact) mass is 541 g/mol. The minimum Gasteiger partial charge on any atom is -0.458 e. The molecule has 4 heterocycles. The first-order valence-electron chi connectivity index (χ1n) is 13.9. The first-order chi connectivity index (χ1) is 17.9. The van der Waals surface area contributed by atoms with E-state index in [-0.39, 0.29) is 35.8 Å². The zero-order chi connectivity index (χ0) is 27.5. The van der Waals surface area contributed by atoms with E-state index in [0.717, 1.165) is 42.0 Å². The van der Waals surface area contributed by atoms with E-state index < -0.39 is 11.5 Å². The van der Waals surface area contributed by atoms with Crippen molar-refractivity contribution in [3.8, 4) is 0 Å². The van der Waals surface area contributed by atoms with Crippen molar-refractivity contribution in [2.75, 3.05) is 0 Å². The van der Waals surface area contributed by atoms with E-state index in [1.54, 1.807) is 23.9 Å². The molecule has 208 valence electrons. The number of fused-ring (bicyclic) bond motifs is 1. The molecule has 8 heteroatoms. The number of cyclic esters (lactones) is 1. The average molecular weight is 542 g/mol. The molecular formula is C30H43N3O4S. The number of nitrogens with zero attached hydrogens (tertiary/aromatic N) is 3. The van der Waals surface area contributed by atoms with Gasteiger partial charge in [0.15, 0.2) is 0 Å². The molecule has 0 radical (unpaired) electrons. The second kappa shape index (κ2) is 11.8. The highest BCUT2D eigenvalue weighted by atomic mass is 32.1. The third-order valence-electron chi connectivity index (χ3n) is 8.26. The van der Waals surface area contributed by atoms with Crippen molar-refractivity contribution in [3.63, 3.8) is 0 Å². The molecule has 2 aliphatic rings. The minimum absolute atomic E-state index is 0.0147. The Labute approximate surface area is 231 Å². The number of hydrogen-bond acceptors (Lipinski definition) is 7. The number of esters is 1. The highest BCUT2D eigenvalue weighted by molar-refractivity contribution is 7.09. The molecule has 0 aromatic carbocycles. The molecule has 5 atom stereocenters. The van der Waals surface area contributed by atoms with Crippen LogP contribution in [0.1, 0.15) is 97.2 Å². The lowest BCUT2D eigenvalue weighted by Gasteiger charge is -2.28. The summed E-state index contributed by atoms with van der Waals surface area (Å²) in [7, 11) is 0. The fourth-order valence-corrected chi connectivity index (χ4v) is 6.47. The molecule has 2 aromatic rings. The molecule has 4 rings (SSSR count). The molecule has 2 aromatic heterocycles. The van der Waals surface area contributed by atoms with Crippen LogP contribution in [0, 0.1) is 17.3 Å². The Morgan fingerprint density at radius 1 is 1.21 bits per heavy atom. The van der Waals surface area contributed by atoms with E-state index >= 15 is 0 Å². The summed E-state index contributed by atoms with van der Waals surface area (Å²) in [5.74, 6) is 0.444. The summed E-state index contributed by atoms with van der Waals surface area (Å²) in [6.07, 6.45) is 12.5. The molecule has 0 saturated carbocycles. The van der Waals surface area contributed by atoms with Gasteiger partial charge in [0.05, 0.1) is 30.3 Å². The largest absolute Gasteiger partial charge is 0.458 e. The highest BCUT2D eigenvalue weighted by Crippen LogP contribution is 2.45. The average Bonchev–Trinajstić information content (AvgIpc) is 3.21. The summed E-state index contributed by atoms with van der Waals surface area (Å²) in [5, 5.41) is 3.02. The number of ether oxygens (including phenoxy) is 2. The van der Waals surface area contributed by atoms with Crippen LogP contribution in [0.4, 0.5) is 0 Å². The Bertz CT molecular complexity index is 1140. The van der Waals surface area contributed by atoms with Crippen molar-refractivity contribution in [3.05, 3.63) is 40.4 Å². The number of Topliss-reactive ketones (excluding diaryl/α,β-unsaturated/α-hetero) is 1. The maximum absolute atomic E-state index is 13.2. The van der Waals surface area contributed by atoms with Gasteiger partial charge < -0.3 is 14.0 Å². The van der Waals surface area contributed by atoms with Crippen LogP contribution in [0.15, 0.2) is 29.7 Å². The first kappa shape index (κ1) is 28.7. The number of carbonyl (C=O) groups is 2.